The average Bonchev–Trinajstić information content (AvgIpc) is 2.26. The second kappa shape index (κ2) is 6.36. The Balaban J connectivity index is 2.43. The monoisotopic (exact) mass is 242 g/mol. The van der Waals surface area contributed by atoms with E-state index in [1.807, 2.05) is 13.8 Å². The van der Waals surface area contributed by atoms with Crippen LogP contribution in [-0.4, -0.2) is 30.7 Å². The van der Waals surface area contributed by atoms with Gasteiger partial charge in [-0.15, -0.1) is 0 Å². The van der Waals surface area contributed by atoms with Gasteiger partial charge in [0.15, 0.2) is 0 Å². The largest absolute Gasteiger partial charge is 0.364 e. The summed E-state index contributed by atoms with van der Waals surface area (Å²) in [5.74, 6) is 0.589. The van der Waals surface area contributed by atoms with E-state index in [-0.39, 0.29) is 24.2 Å². The van der Waals surface area contributed by atoms with Crippen molar-refractivity contribution in [2.75, 3.05) is 13.2 Å². The Morgan fingerprint density at radius 2 is 2.29 bits per heavy atom. The van der Waals surface area contributed by atoms with Crippen LogP contribution in [0.2, 0.25) is 0 Å². The average molecular weight is 242 g/mol. The van der Waals surface area contributed by atoms with Gasteiger partial charge in [-0.3, -0.25) is 4.79 Å². The summed E-state index contributed by atoms with van der Waals surface area (Å²) in [6.07, 6.45) is 4.33. The SMILES string of the molecule is CC1CCCC(CN)(OCC(=O)NC(C)C)C1. The molecule has 0 spiro atoms. The maximum absolute atomic E-state index is 11.6. The highest BCUT2D eigenvalue weighted by molar-refractivity contribution is 5.77. The van der Waals surface area contributed by atoms with Crippen molar-refractivity contribution >= 4 is 5.91 Å². The highest BCUT2D eigenvalue weighted by Crippen LogP contribution is 2.34. The van der Waals surface area contributed by atoms with Crippen molar-refractivity contribution in [1.82, 2.24) is 5.32 Å². The summed E-state index contributed by atoms with van der Waals surface area (Å²) < 4.78 is 5.82. The van der Waals surface area contributed by atoms with Crippen molar-refractivity contribution in [1.29, 1.82) is 0 Å². The highest BCUT2D eigenvalue weighted by Gasteiger charge is 2.35. The van der Waals surface area contributed by atoms with Gasteiger partial charge in [-0.25, -0.2) is 0 Å². The van der Waals surface area contributed by atoms with Crippen LogP contribution in [-0.2, 0) is 9.53 Å². The minimum atomic E-state index is -0.272. The lowest BCUT2D eigenvalue weighted by molar-refractivity contribution is -0.137. The number of carbonyl (C=O) groups excluding carboxylic acids is 1. The molecule has 1 saturated carbocycles. The van der Waals surface area contributed by atoms with Gasteiger partial charge in [-0.2, -0.15) is 0 Å². The predicted molar refractivity (Wildman–Crippen MR) is 68.6 cm³/mol. The van der Waals surface area contributed by atoms with Gasteiger partial charge >= 0.3 is 0 Å². The van der Waals surface area contributed by atoms with Gasteiger partial charge in [0.1, 0.15) is 6.61 Å². The standard InChI is InChI=1S/C13H26N2O2/c1-10(2)15-12(16)8-17-13(9-14)6-4-5-11(3)7-13/h10-11H,4-9,14H2,1-3H3,(H,15,16). The number of ether oxygens (including phenoxy) is 1. The van der Waals surface area contributed by atoms with Gasteiger partial charge in [0.05, 0.1) is 5.60 Å². The van der Waals surface area contributed by atoms with Gasteiger partial charge in [-0.05, 0) is 32.6 Å². The Morgan fingerprint density at radius 3 is 2.82 bits per heavy atom. The molecule has 0 aromatic rings. The molecule has 0 bridgehead atoms. The molecule has 0 aliphatic heterocycles. The van der Waals surface area contributed by atoms with Crippen LogP contribution in [0.25, 0.3) is 0 Å². The molecule has 2 atom stereocenters. The second-order valence-corrected chi connectivity index (χ2v) is 5.60. The first-order valence-corrected chi connectivity index (χ1v) is 6.61. The summed E-state index contributed by atoms with van der Waals surface area (Å²) in [5.41, 5.74) is 5.56. The van der Waals surface area contributed by atoms with Crippen molar-refractivity contribution < 1.29 is 9.53 Å². The van der Waals surface area contributed by atoms with Crippen LogP contribution in [0.1, 0.15) is 46.5 Å². The Labute approximate surface area is 104 Å². The van der Waals surface area contributed by atoms with Gasteiger partial charge < -0.3 is 15.8 Å². The summed E-state index contributed by atoms with van der Waals surface area (Å²) >= 11 is 0. The van der Waals surface area contributed by atoms with Gasteiger partial charge in [0.2, 0.25) is 5.91 Å². The van der Waals surface area contributed by atoms with Gasteiger partial charge in [-0.1, -0.05) is 19.8 Å². The normalized spacial score (nSPS) is 29.4. The van der Waals surface area contributed by atoms with E-state index in [1.165, 1.54) is 6.42 Å². The van der Waals surface area contributed by atoms with Crippen LogP contribution in [0, 0.1) is 5.92 Å². The number of nitrogens with one attached hydrogen (secondary N) is 1. The van der Waals surface area contributed by atoms with E-state index < -0.39 is 0 Å². The number of carbonyl (C=O) groups is 1. The molecule has 0 saturated heterocycles. The lowest BCUT2D eigenvalue weighted by Crippen LogP contribution is -2.47. The number of amides is 1. The number of rotatable bonds is 5. The first-order chi connectivity index (χ1) is 7.97. The van der Waals surface area contributed by atoms with Crippen molar-refractivity contribution in [3.8, 4) is 0 Å². The van der Waals surface area contributed by atoms with E-state index in [0.29, 0.717) is 12.5 Å². The lowest BCUT2D eigenvalue weighted by atomic mass is 9.79. The quantitative estimate of drug-likeness (QED) is 0.766. The molecule has 4 nitrogen and oxygen atoms in total. The number of nitrogens with two attached hydrogens (primary N) is 1. The fourth-order valence-electron chi connectivity index (χ4n) is 2.57. The predicted octanol–water partition coefficient (Wildman–Crippen LogP) is 1.44. The second-order valence-electron chi connectivity index (χ2n) is 5.60. The zero-order valence-corrected chi connectivity index (χ0v) is 11.3. The molecule has 1 fully saturated rings. The third-order valence-corrected chi connectivity index (χ3v) is 3.38. The summed E-state index contributed by atoms with van der Waals surface area (Å²) in [4.78, 5) is 11.6. The molecular formula is C13H26N2O2. The Hall–Kier alpha value is -0.610. The maximum Gasteiger partial charge on any atom is 0.246 e. The molecular weight excluding hydrogens is 216 g/mol. The van der Waals surface area contributed by atoms with Crippen LogP contribution in [0.5, 0.6) is 0 Å². The molecule has 0 aromatic carbocycles. The van der Waals surface area contributed by atoms with Gasteiger partial charge in [0.25, 0.3) is 0 Å². The molecule has 2 unspecified atom stereocenters. The molecule has 1 aliphatic rings. The van der Waals surface area contributed by atoms with Crippen LogP contribution < -0.4 is 11.1 Å². The van der Waals surface area contributed by atoms with Crippen molar-refractivity contribution in [3.63, 3.8) is 0 Å². The molecule has 1 aliphatic carbocycles. The fraction of sp³-hybridized carbons (Fsp3) is 0.923. The van der Waals surface area contributed by atoms with Crippen LogP contribution >= 0.6 is 0 Å². The van der Waals surface area contributed by atoms with Crippen LogP contribution in [0.4, 0.5) is 0 Å². The first-order valence-electron chi connectivity index (χ1n) is 6.61. The van der Waals surface area contributed by atoms with E-state index in [4.69, 9.17) is 10.5 Å². The summed E-state index contributed by atoms with van der Waals surface area (Å²) in [7, 11) is 0. The maximum atomic E-state index is 11.6. The molecule has 4 heteroatoms. The van der Waals surface area contributed by atoms with E-state index in [9.17, 15) is 4.79 Å². The Kier molecular flexibility index (Phi) is 5.40. The molecule has 100 valence electrons. The molecule has 0 radical (unpaired) electrons. The topological polar surface area (TPSA) is 64.3 Å². The van der Waals surface area contributed by atoms with E-state index in [0.717, 1.165) is 19.3 Å². The van der Waals surface area contributed by atoms with Crippen molar-refractivity contribution in [3.05, 3.63) is 0 Å². The Morgan fingerprint density at radius 1 is 1.59 bits per heavy atom. The van der Waals surface area contributed by atoms with Gasteiger partial charge in [0, 0.05) is 12.6 Å². The summed E-state index contributed by atoms with van der Waals surface area (Å²) in [6, 6.07) is 0.158. The third-order valence-electron chi connectivity index (χ3n) is 3.38. The van der Waals surface area contributed by atoms with Crippen LogP contribution in [0.3, 0.4) is 0 Å². The first kappa shape index (κ1) is 14.5. The summed E-state index contributed by atoms with van der Waals surface area (Å²) in [6.45, 7) is 6.74. The number of hydrogen-bond donors (Lipinski definition) is 2. The summed E-state index contributed by atoms with van der Waals surface area (Å²) in [5, 5.41) is 2.83. The molecule has 0 heterocycles. The van der Waals surface area contributed by atoms with E-state index in [2.05, 4.69) is 12.2 Å². The molecule has 17 heavy (non-hydrogen) atoms. The fourth-order valence-corrected chi connectivity index (χ4v) is 2.57. The smallest absolute Gasteiger partial charge is 0.246 e. The number of hydrogen-bond acceptors (Lipinski definition) is 3. The van der Waals surface area contributed by atoms with Crippen molar-refractivity contribution in [2.45, 2.75) is 58.1 Å². The third kappa shape index (κ3) is 4.64. The molecule has 1 rings (SSSR count). The minimum absolute atomic E-state index is 0.0500. The highest BCUT2D eigenvalue weighted by atomic mass is 16.5. The Bertz CT molecular complexity index is 256. The molecule has 3 N–H and O–H groups in total. The zero-order valence-electron chi connectivity index (χ0n) is 11.3. The molecule has 0 aromatic heterocycles. The zero-order chi connectivity index (χ0) is 12.9. The lowest BCUT2D eigenvalue weighted by Gasteiger charge is -2.39. The van der Waals surface area contributed by atoms with E-state index >= 15 is 0 Å². The van der Waals surface area contributed by atoms with E-state index in [1.54, 1.807) is 0 Å². The minimum Gasteiger partial charge on any atom is -0.364 e. The van der Waals surface area contributed by atoms with Crippen molar-refractivity contribution in [2.24, 2.45) is 11.7 Å². The molecule has 1 amide bonds. The van der Waals surface area contributed by atoms with Crippen LogP contribution in [0.15, 0.2) is 0 Å².